The largest absolute Gasteiger partial charge is 0.265 e. The number of para-hydroxylation sites is 1. The van der Waals surface area contributed by atoms with Gasteiger partial charge in [0.25, 0.3) is 0 Å². The molecule has 0 bridgehead atoms. The zero-order valence-electron chi connectivity index (χ0n) is 10.6. The molecule has 3 heteroatoms. The monoisotopic (exact) mass is 254 g/mol. The van der Waals surface area contributed by atoms with Gasteiger partial charge in [-0.15, -0.1) is 0 Å². The molecule has 1 heterocycles. The minimum absolute atomic E-state index is 0.208. The topological polar surface area (TPSA) is 15.6 Å². The van der Waals surface area contributed by atoms with Gasteiger partial charge in [0, 0.05) is 6.54 Å². The Morgan fingerprint density at radius 3 is 2.42 bits per heavy atom. The summed E-state index contributed by atoms with van der Waals surface area (Å²) in [5.74, 6) is -0.208. The van der Waals surface area contributed by atoms with E-state index < -0.39 is 0 Å². The second kappa shape index (κ2) is 5.22. The molecule has 2 aromatic carbocycles. The van der Waals surface area contributed by atoms with Crippen LogP contribution in [-0.2, 0) is 0 Å². The van der Waals surface area contributed by atoms with E-state index in [4.69, 9.17) is 0 Å². The van der Waals surface area contributed by atoms with Crippen LogP contribution in [0.5, 0.6) is 0 Å². The molecule has 0 aromatic heterocycles. The summed E-state index contributed by atoms with van der Waals surface area (Å²) in [4.78, 5) is 0. The SMILES string of the molecule is Fc1ccc(C2=NN(c3ccccc3)CCC2)cc1. The van der Waals surface area contributed by atoms with Gasteiger partial charge >= 0.3 is 0 Å². The van der Waals surface area contributed by atoms with Crippen molar-refractivity contribution in [3.8, 4) is 0 Å². The third kappa shape index (κ3) is 2.65. The van der Waals surface area contributed by atoms with Crippen molar-refractivity contribution in [3.63, 3.8) is 0 Å². The minimum atomic E-state index is -0.208. The van der Waals surface area contributed by atoms with E-state index in [0.717, 1.165) is 36.3 Å². The van der Waals surface area contributed by atoms with Crippen molar-refractivity contribution in [2.75, 3.05) is 11.6 Å². The zero-order chi connectivity index (χ0) is 13.1. The summed E-state index contributed by atoms with van der Waals surface area (Å²) in [6.45, 7) is 0.925. The van der Waals surface area contributed by atoms with Crippen LogP contribution < -0.4 is 5.01 Å². The van der Waals surface area contributed by atoms with Crippen LogP contribution in [-0.4, -0.2) is 12.3 Å². The first kappa shape index (κ1) is 11.9. The molecule has 1 aliphatic rings. The molecule has 0 radical (unpaired) electrons. The van der Waals surface area contributed by atoms with Gasteiger partial charge in [-0.05, 0) is 42.7 Å². The van der Waals surface area contributed by atoms with Crippen LogP contribution in [0, 0.1) is 5.82 Å². The highest BCUT2D eigenvalue weighted by Crippen LogP contribution is 2.20. The summed E-state index contributed by atoms with van der Waals surface area (Å²) in [5, 5.41) is 6.70. The first-order valence-electron chi connectivity index (χ1n) is 6.49. The van der Waals surface area contributed by atoms with Crippen molar-refractivity contribution >= 4 is 11.4 Å². The van der Waals surface area contributed by atoms with E-state index in [1.54, 1.807) is 12.1 Å². The molecule has 2 aromatic rings. The number of hydrogen-bond acceptors (Lipinski definition) is 2. The normalized spacial score (nSPS) is 15.2. The second-order valence-corrected chi connectivity index (χ2v) is 4.62. The van der Waals surface area contributed by atoms with Crippen LogP contribution in [0.3, 0.4) is 0 Å². The Morgan fingerprint density at radius 2 is 1.68 bits per heavy atom. The van der Waals surface area contributed by atoms with E-state index in [9.17, 15) is 4.39 Å². The predicted molar refractivity (Wildman–Crippen MR) is 76.0 cm³/mol. The number of hydrogen-bond donors (Lipinski definition) is 0. The average molecular weight is 254 g/mol. The van der Waals surface area contributed by atoms with Gasteiger partial charge in [-0.1, -0.05) is 30.3 Å². The van der Waals surface area contributed by atoms with Crippen LogP contribution in [0.15, 0.2) is 59.7 Å². The molecule has 3 rings (SSSR count). The highest BCUT2D eigenvalue weighted by molar-refractivity contribution is 6.01. The maximum absolute atomic E-state index is 12.9. The van der Waals surface area contributed by atoms with Gasteiger partial charge in [0.1, 0.15) is 5.82 Å². The fourth-order valence-corrected chi connectivity index (χ4v) is 2.27. The molecule has 0 amide bonds. The van der Waals surface area contributed by atoms with Crippen LogP contribution >= 0.6 is 0 Å². The van der Waals surface area contributed by atoms with Crippen molar-refractivity contribution in [1.29, 1.82) is 0 Å². The quantitative estimate of drug-likeness (QED) is 0.795. The average Bonchev–Trinajstić information content (AvgIpc) is 2.49. The summed E-state index contributed by atoms with van der Waals surface area (Å²) in [5.41, 5.74) is 3.12. The lowest BCUT2D eigenvalue weighted by molar-refractivity contribution is 0.627. The highest BCUT2D eigenvalue weighted by atomic mass is 19.1. The molecule has 1 aliphatic heterocycles. The maximum Gasteiger partial charge on any atom is 0.123 e. The van der Waals surface area contributed by atoms with Gasteiger partial charge in [0.05, 0.1) is 11.4 Å². The lowest BCUT2D eigenvalue weighted by Crippen LogP contribution is -2.26. The molecule has 0 unspecified atom stereocenters. The number of hydrazone groups is 1. The summed E-state index contributed by atoms with van der Waals surface area (Å²) in [6, 6.07) is 16.7. The molecule has 0 atom stereocenters. The predicted octanol–water partition coefficient (Wildman–Crippen LogP) is 3.83. The molecule has 0 saturated heterocycles. The van der Waals surface area contributed by atoms with Crippen molar-refractivity contribution in [1.82, 2.24) is 0 Å². The van der Waals surface area contributed by atoms with E-state index in [2.05, 4.69) is 17.2 Å². The van der Waals surface area contributed by atoms with Gasteiger partial charge in [-0.3, -0.25) is 5.01 Å². The first-order chi connectivity index (χ1) is 9.33. The summed E-state index contributed by atoms with van der Waals surface area (Å²) in [7, 11) is 0. The number of rotatable bonds is 2. The van der Waals surface area contributed by atoms with E-state index in [1.807, 2.05) is 23.2 Å². The maximum atomic E-state index is 12.9. The van der Waals surface area contributed by atoms with E-state index in [1.165, 1.54) is 12.1 Å². The van der Waals surface area contributed by atoms with Crippen molar-refractivity contribution in [3.05, 3.63) is 66.0 Å². The van der Waals surface area contributed by atoms with Crippen LogP contribution in [0.25, 0.3) is 0 Å². The van der Waals surface area contributed by atoms with Gasteiger partial charge in [-0.2, -0.15) is 5.10 Å². The van der Waals surface area contributed by atoms with Gasteiger partial charge < -0.3 is 0 Å². The lowest BCUT2D eigenvalue weighted by Gasteiger charge is -2.25. The standard InChI is InChI=1S/C16H15FN2/c17-14-10-8-13(9-11-14)16-7-4-12-19(18-16)15-5-2-1-3-6-15/h1-3,5-6,8-11H,4,7,12H2. The molecule has 19 heavy (non-hydrogen) atoms. The summed E-state index contributed by atoms with van der Waals surface area (Å²) < 4.78 is 12.9. The molecule has 0 spiro atoms. The Kier molecular flexibility index (Phi) is 3.27. The van der Waals surface area contributed by atoms with E-state index >= 15 is 0 Å². The Labute approximate surface area is 112 Å². The van der Waals surface area contributed by atoms with Crippen molar-refractivity contribution in [2.24, 2.45) is 5.10 Å². The molecular formula is C16H15FN2. The first-order valence-corrected chi connectivity index (χ1v) is 6.49. The smallest absolute Gasteiger partial charge is 0.123 e. The molecule has 96 valence electrons. The molecule has 0 aliphatic carbocycles. The number of nitrogens with zero attached hydrogens (tertiary/aromatic N) is 2. The van der Waals surface area contributed by atoms with E-state index in [-0.39, 0.29) is 5.82 Å². The minimum Gasteiger partial charge on any atom is -0.265 e. The van der Waals surface area contributed by atoms with Crippen LogP contribution in [0.1, 0.15) is 18.4 Å². The van der Waals surface area contributed by atoms with Gasteiger partial charge in [0.2, 0.25) is 0 Å². The second-order valence-electron chi connectivity index (χ2n) is 4.62. The van der Waals surface area contributed by atoms with E-state index in [0.29, 0.717) is 0 Å². The number of halogens is 1. The summed E-state index contributed by atoms with van der Waals surface area (Å²) in [6.07, 6.45) is 2.00. The highest BCUT2D eigenvalue weighted by Gasteiger charge is 2.14. The van der Waals surface area contributed by atoms with Gasteiger partial charge in [-0.25, -0.2) is 4.39 Å². The molecule has 0 saturated carbocycles. The Balaban J connectivity index is 1.90. The fourth-order valence-electron chi connectivity index (χ4n) is 2.27. The summed E-state index contributed by atoms with van der Waals surface area (Å²) >= 11 is 0. The lowest BCUT2D eigenvalue weighted by atomic mass is 10.0. The van der Waals surface area contributed by atoms with Crippen LogP contribution in [0.2, 0.25) is 0 Å². The molecule has 2 nitrogen and oxygen atoms in total. The Hall–Kier alpha value is -2.16. The molecule has 0 fully saturated rings. The molecular weight excluding hydrogens is 239 g/mol. The number of benzene rings is 2. The molecule has 0 N–H and O–H groups in total. The Morgan fingerprint density at radius 1 is 0.947 bits per heavy atom. The van der Waals surface area contributed by atoms with Crippen molar-refractivity contribution < 1.29 is 4.39 Å². The van der Waals surface area contributed by atoms with Crippen LogP contribution in [0.4, 0.5) is 10.1 Å². The number of anilines is 1. The van der Waals surface area contributed by atoms with Crippen molar-refractivity contribution in [2.45, 2.75) is 12.8 Å². The third-order valence-electron chi connectivity index (χ3n) is 3.26. The zero-order valence-corrected chi connectivity index (χ0v) is 10.6. The third-order valence-corrected chi connectivity index (χ3v) is 3.26. The van der Waals surface area contributed by atoms with Gasteiger partial charge in [0.15, 0.2) is 0 Å². The Bertz CT molecular complexity index is 575. The fraction of sp³-hybridized carbons (Fsp3) is 0.188.